The van der Waals surface area contributed by atoms with Gasteiger partial charge < -0.3 is 9.84 Å². The van der Waals surface area contributed by atoms with E-state index in [1.54, 1.807) is 12.4 Å². The van der Waals surface area contributed by atoms with Gasteiger partial charge in [0.05, 0.1) is 0 Å². The van der Waals surface area contributed by atoms with Crippen molar-refractivity contribution in [3.8, 4) is 5.75 Å². The molecule has 0 aliphatic heterocycles. The number of hydrogen-bond donors (Lipinski definition) is 1. The van der Waals surface area contributed by atoms with E-state index in [-0.39, 0.29) is 0 Å². The van der Waals surface area contributed by atoms with Crippen molar-refractivity contribution in [1.82, 2.24) is 4.98 Å². The highest BCUT2D eigenvalue weighted by molar-refractivity contribution is 9.10. The van der Waals surface area contributed by atoms with Crippen LogP contribution in [-0.4, -0.2) is 16.1 Å². The summed E-state index contributed by atoms with van der Waals surface area (Å²) in [5.74, 6) is -0.319. The molecule has 0 amide bonds. The fourth-order valence-corrected chi connectivity index (χ4v) is 2.46. The number of rotatable bonds is 5. The Morgan fingerprint density at radius 2 is 2.10 bits per heavy atom. The minimum atomic E-state index is -0.993. The van der Waals surface area contributed by atoms with E-state index in [2.05, 4.69) is 20.9 Å². The second-order valence-electron chi connectivity index (χ2n) is 4.46. The number of benzene rings is 1. The standard InChI is InChI=1S/C16H14BrNO3/c1-11-8-14(17)9-13(2-3-15(19)20)16(11)21-10-12-4-6-18-7-5-12/h2-9H,10H2,1H3,(H,19,20)/b3-2+. The molecule has 0 spiro atoms. The van der Waals surface area contributed by atoms with Gasteiger partial charge in [-0.1, -0.05) is 15.9 Å². The van der Waals surface area contributed by atoms with E-state index in [0.29, 0.717) is 12.4 Å². The maximum atomic E-state index is 10.7. The summed E-state index contributed by atoms with van der Waals surface area (Å²) in [4.78, 5) is 14.6. The Morgan fingerprint density at radius 1 is 1.38 bits per heavy atom. The predicted octanol–water partition coefficient (Wildman–Crippen LogP) is 3.83. The highest BCUT2D eigenvalue weighted by Gasteiger charge is 2.08. The summed E-state index contributed by atoms with van der Waals surface area (Å²) >= 11 is 3.41. The van der Waals surface area contributed by atoms with Crippen molar-refractivity contribution >= 4 is 28.0 Å². The number of ether oxygens (including phenoxy) is 1. The topological polar surface area (TPSA) is 59.4 Å². The van der Waals surface area contributed by atoms with Gasteiger partial charge in [-0.15, -0.1) is 0 Å². The van der Waals surface area contributed by atoms with Crippen molar-refractivity contribution in [3.63, 3.8) is 0 Å². The Balaban J connectivity index is 2.26. The van der Waals surface area contributed by atoms with Crippen LogP contribution < -0.4 is 4.74 Å². The number of carboxylic acid groups (broad SMARTS) is 1. The van der Waals surface area contributed by atoms with Gasteiger partial charge >= 0.3 is 5.97 Å². The third-order valence-corrected chi connectivity index (χ3v) is 3.26. The first-order valence-corrected chi connectivity index (χ1v) is 7.08. The number of aliphatic carboxylic acids is 1. The number of halogens is 1. The Bertz CT molecular complexity index is 669. The average Bonchev–Trinajstić information content (AvgIpc) is 2.45. The van der Waals surface area contributed by atoms with Gasteiger partial charge in [-0.2, -0.15) is 0 Å². The van der Waals surface area contributed by atoms with Crippen molar-refractivity contribution in [2.75, 3.05) is 0 Å². The van der Waals surface area contributed by atoms with Gasteiger partial charge in [-0.05, 0) is 48.4 Å². The molecular formula is C16H14BrNO3. The molecule has 4 nitrogen and oxygen atoms in total. The van der Waals surface area contributed by atoms with E-state index in [1.165, 1.54) is 6.08 Å². The van der Waals surface area contributed by atoms with E-state index in [4.69, 9.17) is 9.84 Å². The van der Waals surface area contributed by atoms with Crippen molar-refractivity contribution in [1.29, 1.82) is 0 Å². The molecule has 1 N–H and O–H groups in total. The van der Waals surface area contributed by atoms with Gasteiger partial charge in [0, 0.05) is 28.5 Å². The molecule has 0 radical (unpaired) electrons. The zero-order valence-electron chi connectivity index (χ0n) is 11.4. The molecule has 1 aromatic carbocycles. The second kappa shape index (κ2) is 7.04. The van der Waals surface area contributed by atoms with Crippen LogP contribution in [0.4, 0.5) is 0 Å². The first kappa shape index (κ1) is 15.3. The van der Waals surface area contributed by atoms with Gasteiger partial charge in [0.25, 0.3) is 0 Å². The molecule has 0 bridgehead atoms. The Kier molecular flexibility index (Phi) is 5.11. The van der Waals surface area contributed by atoms with Crippen LogP contribution in [0.15, 0.2) is 47.2 Å². The van der Waals surface area contributed by atoms with Gasteiger partial charge in [-0.3, -0.25) is 4.98 Å². The van der Waals surface area contributed by atoms with Crippen LogP contribution in [0.3, 0.4) is 0 Å². The molecule has 5 heteroatoms. The number of aromatic nitrogens is 1. The molecule has 0 aliphatic rings. The largest absolute Gasteiger partial charge is 0.488 e. The number of carbonyl (C=O) groups is 1. The molecule has 0 saturated carbocycles. The number of carboxylic acids is 1. The molecule has 21 heavy (non-hydrogen) atoms. The summed E-state index contributed by atoms with van der Waals surface area (Å²) in [7, 11) is 0. The summed E-state index contributed by atoms with van der Waals surface area (Å²) in [5, 5.41) is 8.77. The van der Waals surface area contributed by atoms with Crippen LogP contribution in [0.2, 0.25) is 0 Å². The molecule has 2 aromatic rings. The molecule has 108 valence electrons. The SMILES string of the molecule is Cc1cc(Br)cc(/C=C/C(=O)O)c1OCc1ccncc1. The summed E-state index contributed by atoms with van der Waals surface area (Å²) < 4.78 is 6.72. The first-order chi connectivity index (χ1) is 10.1. The number of nitrogens with zero attached hydrogens (tertiary/aromatic N) is 1. The maximum Gasteiger partial charge on any atom is 0.328 e. The van der Waals surface area contributed by atoms with Crippen LogP contribution in [0.1, 0.15) is 16.7 Å². The van der Waals surface area contributed by atoms with Crippen LogP contribution in [0.5, 0.6) is 5.75 Å². The molecule has 0 unspecified atom stereocenters. The van der Waals surface area contributed by atoms with Crippen molar-refractivity contribution in [3.05, 3.63) is 63.9 Å². The molecule has 1 aromatic heterocycles. The molecule has 0 saturated heterocycles. The average molecular weight is 348 g/mol. The van der Waals surface area contributed by atoms with E-state index in [9.17, 15) is 4.79 Å². The summed E-state index contributed by atoms with van der Waals surface area (Å²) in [6.45, 7) is 2.32. The van der Waals surface area contributed by atoms with E-state index < -0.39 is 5.97 Å². The Hall–Kier alpha value is -2.14. The molecule has 0 fully saturated rings. The minimum Gasteiger partial charge on any atom is -0.488 e. The van der Waals surface area contributed by atoms with E-state index in [0.717, 1.165) is 27.2 Å². The van der Waals surface area contributed by atoms with Crippen LogP contribution in [0.25, 0.3) is 6.08 Å². The van der Waals surface area contributed by atoms with Crippen LogP contribution >= 0.6 is 15.9 Å². The lowest BCUT2D eigenvalue weighted by Gasteiger charge is -2.13. The third kappa shape index (κ3) is 4.43. The summed E-state index contributed by atoms with van der Waals surface area (Å²) in [6.07, 6.45) is 6.04. The van der Waals surface area contributed by atoms with E-state index in [1.807, 2.05) is 31.2 Å². The minimum absolute atomic E-state index is 0.402. The van der Waals surface area contributed by atoms with Crippen LogP contribution in [0, 0.1) is 6.92 Å². The highest BCUT2D eigenvalue weighted by Crippen LogP contribution is 2.29. The van der Waals surface area contributed by atoms with Gasteiger partial charge in [0.1, 0.15) is 12.4 Å². The lowest BCUT2D eigenvalue weighted by Crippen LogP contribution is -1.99. The number of hydrogen-bond acceptors (Lipinski definition) is 3. The lowest BCUT2D eigenvalue weighted by molar-refractivity contribution is -0.131. The smallest absolute Gasteiger partial charge is 0.328 e. The van der Waals surface area contributed by atoms with Crippen LogP contribution in [-0.2, 0) is 11.4 Å². The zero-order valence-corrected chi connectivity index (χ0v) is 13.0. The lowest BCUT2D eigenvalue weighted by atomic mass is 10.1. The van der Waals surface area contributed by atoms with Gasteiger partial charge in [-0.25, -0.2) is 4.79 Å². The monoisotopic (exact) mass is 347 g/mol. The first-order valence-electron chi connectivity index (χ1n) is 6.29. The van der Waals surface area contributed by atoms with E-state index >= 15 is 0 Å². The molecule has 0 aliphatic carbocycles. The fourth-order valence-electron chi connectivity index (χ4n) is 1.87. The Labute approximate surface area is 131 Å². The molecule has 2 rings (SSSR count). The predicted molar refractivity (Wildman–Crippen MR) is 84.1 cm³/mol. The summed E-state index contributed by atoms with van der Waals surface area (Å²) in [5.41, 5.74) is 2.65. The number of pyridine rings is 1. The second-order valence-corrected chi connectivity index (χ2v) is 5.37. The maximum absolute atomic E-state index is 10.7. The van der Waals surface area contributed by atoms with Gasteiger partial charge in [0.15, 0.2) is 0 Å². The molecular weight excluding hydrogens is 334 g/mol. The molecule has 0 atom stereocenters. The third-order valence-electron chi connectivity index (χ3n) is 2.81. The van der Waals surface area contributed by atoms with Crippen molar-refractivity contribution < 1.29 is 14.6 Å². The highest BCUT2D eigenvalue weighted by atomic mass is 79.9. The number of aryl methyl sites for hydroxylation is 1. The normalized spacial score (nSPS) is 10.8. The molecule has 1 heterocycles. The fraction of sp³-hybridized carbons (Fsp3) is 0.125. The van der Waals surface area contributed by atoms with Gasteiger partial charge in [0.2, 0.25) is 0 Å². The van der Waals surface area contributed by atoms with Crippen molar-refractivity contribution in [2.24, 2.45) is 0 Å². The Morgan fingerprint density at radius 3 is 2.76 bits per heavy atom. The quantitative estimate of drug-likeness (QED) is 0.835. The summed E-state index contributed by atoms with van der Waals surface area (Å²) in [6, 6.07) is 7.51. The zero-order chi connectivity index (χ0) is 15.2. The van der Waals surface area contributed by atoms with Crippen molar-refractivity contribution in [2.45, 2.75) is 13.5 Å².